The summed E-state index contributed by atoms with van der Waals surface area (Å²) in [5.41, 5.74) is -0.226. The Kier molecular flexibility index (Phi) is 8.29. The maximum absolute atomic E-state index is 16.6. The first-order valence-corrected chi connectivity index (χ1v) is 14.8. The number of hydrogen-bond acceptors (Lipinski definition) is 8. The topological polar surface area (TPSA) is 98.5 Å². The molecule has 0 aliphatic carbocycles. The minimum absolute atomic E-state index is 0.0419. The molecule has 2 atom stereocenters. The number of rotatable bonds is 7. The molecular weight excluding hydrogens is 588 g/mol. The molecular formula is C32H30ClF2N7O2. The average Bonchev–Trinajstić information content (AvgIpc) is 3.44. The third-order valence-corrected chi connectivity index (χ3v) is 8.80. The lowest BCUT2D eigenvalue weighted by atomic mass is 9.98. The highest BCUT2D eigenvalue weighted by Gasteiger charge is 2.32. The summed E-state index contributed by atoms with van der Waals surface area (Å²) in [6.07, 6.45) is 6.25. The smallest absolute Gasteiger partial charge is 0.319 e. The quantitative estimate of drug-likeness (QED) is 0.256. The fraction of sp³-hybridized carbons (Fsp3) is 0.344. The van der Waals surface area contributed by atoms with Crippen LogP contribution in [0.1, 0.15) is 19.3 Å². The Morgan fingerprint density at radius 1 is 1.23 bits per heavy atom. The van der Waals surface area contributed by atoms with E-state index in [2.05, 4.69) is 32.5 Å². The van der Waals surface area contributed by atoms with Crippen molar-refractivity contribution in [3.8, 4) is 23.2 Å². The largest absolute Gasteiger partial charge is 0.462 e. The molecule has 0 N–H and O–H groups in total. The normalized spacial score (nSPS) is 19.0. The van der Waals surface area contributed by atoms with Gasteiger partial charge in [0.15, 0.2) is 5.82 Å². The van der Waals surface area contributed by atoms with Crippen molar-refractivity contribution in [1.82, 2.24) is 24.8 Å². The molecule has 0 radical (unpaired) electrons. The van der Waals surface area contributed by atoms with Crippen LogP contribution in [0.15, 0.2) is 49.3 Å². The molecule has 2 fully saturated rings. The Morgan fingerprint density at radius 2 is 2.07 bits per heavy atom. The molecule has 12 heteroatoms. The Morgan fingerprint density at radius 3 is 2.82 bits per heavy atom. The summed E-state index contributed by atoms with van der Waals surface area (Å²) >= 11 is 6.50. The van der Waals surface area contributed by atoms with Gasteiger partial charge in [0.05, 0.1) is 24.1 Å². The fourth-order valence-electron chi connectivity index (χ4n) is 6.19. The number of pyridine rings is 1. The van der Waals surface area contributed by atoms with E-state index < -0.39 is 17.7 Å². The summed E-state index contributed by atoms with van der Waals surface area (Å²) in [5, 5.41) is 11.1. The summed E-state index contributed by atoms with van der Waals surface area (Å²) in [6.45, 7) is 5.63. The third kappa shape index (κ3) is 5.40. The predicted molar refractivity (Wildman–Crippen MR) is 164 cm³/mol. The molecule has 9 nitrogen and oxygen atoms in total. The molecule has 6 rings (SSSR count). The number of ether oxygens (including phenoxy) is 1. The minimum atomic E-state index is -0.894. The molecule has 2 saturated heterocycles. The highest BCUT2D eigenvalue weighted by atomic mass is 35.5. The monoisotopic (exact) mass is 617 g/mol. The SMILES string of the molecule is C=CC(=O)N1CCN(c2nc(OC[C@@H]3CCCN3C)nc3c(F)c(-c4cncc5cccc(Cl)c45)c(F)cc23)C[C@@H]1CC#N. The molecule has 4 aromatic rings. The maximum Gasteiger partial charge on any atom is 0.319 e. The van der Waals surface area contributed by atoms with Gasteiger partial charge in [-0.3, -0.25) is 9.78 Å². The van der Waals surface area contributed by atoms with E-state index in [9.17, 15) is 10.1 Å². The number of piperazine rings is 1. The lowest BCUT2D eigenvalue weighted by Crippen LogP contribution is -2.55. The van der Waals surface area contributed by atoms with Crippen LogP contribution >= 0.6 is 11.6 Å². The number of aromatic nitrogens is 3. The van der Waals surface area contributed by atoms with Crippen molar-refractivity contribution in [3.63, 3.8) is 0 Å². The van der Waals surface area contributed by atoms with Crippen LogP contribution in [0.4, 0.5) is 14.6 Å². The summed E-state index contributed by atoms with van der Waals surface area (Å²) in [6, 6.07) is 8.17. The van der Waals surface area contributed by atoms with E-state index in [0.717, 1.165) is 19.4 Å². The summed E-state index contributed by atoms with van der Waals surface area (Å²) < 4.78 is 38.7. The highest BCUT2D eigenvalue weighted by molar-refractivity contribution is 6.36. The average molecular weight is 618 g/mol. The maximum atomic E-state index is 16.6. The summed E-state index contributed by atoms with van der Waals surface area (Å²) in [7, 11) is 2.02. The van der Waals surface area contributed by atoms with Crippen LogP contribution in [0, 0.1) is 23.0 Å². The fourth-order valence-corrected chi connectivity index (χ4v) is 6.47. The molecule has 0 bridgehead atoms. The van der Waals surface area contributed by atoms with Gasteiger partial charge in [0, 0.05) is 64.8 Å². The van der Waals surface area contributed by atoms with Gasteiger partial charge in [0.25, 0.3) is 0 Å². The second kappa shape index (κ2) is 12.3. The molecule has 2 aromatic carbocycles. The molecule has 0 saturated carbocycles. The van der Waals surface area contributed by atoms with Crippen molar-refractivity contribution in [3.05, 3.63) is 66.0 Å². The van der Waals surface area contributed by atoms with E-state index in [1.54, 1.807) is 29.3 Å². The zero-order valence-electron chi connectivity index (χ0n) is 24.1. The Hall–Kier alpha value is -4.40. The van der Waals surface area contributed by atoms with E-state index in [4.69, 9.17) is 16.3 Å². The van der Waals surface area contributed by atoms with Crippen molar-refractivity contribution in [2.75, 3.05) is 44.7 Å². The third-order valence-electron chi connectivity index (χ3n) is 8.49. The van der Waals surface area contributed by atoms with Gasteiger partial charge < -0.3 is 19.4 Å². The zero-order valence-corrected chi connectivity index (χ0v) is 24.9. The van der Waals surface area contributed by atoms with Gasteiger partial charge in [0.2, 0.25) is 5.91 Å². The number of nitriles is 1. The second-order valence-corrected chi connectivity index (χ2v) is 11.5. The molecule has 2 aliphatic rings. The zero-order chi connectivity index (χ0) is 31.0. The van der Waals surface area contributed by atoms with Gasteiger partial charge in [-0.25, -0.2) is 8.78 Å². The molecule has 0 unspecified atom stereocenters. The van der Waals surface area contributed by atoms with E-state index in [1.165, 1.54) is 18.3 Å². The van der Waals surface area contributed by atoms with Crippen molar-refractivity contribution in [2.45, 2.75) is 31.3 Å². The molecule has 44 heavy (non-hydrogen) atoms. The van der Waals surface area contributed by atoms with Crippen LogP contribution in [0.3, 0.4) is 0 Å². The lowest BCUT2D eigenvalue weighted by Gasteiger charge is -2.41. The number of anilines is 1. The Balaban J connectivity index is 1.49. The first-order chi connectivity index (χ1) is 21.3. The summed E-state index contributed by atoms with van der Waals surface area (Å²) in [5.74, 6) is -1.75. The number of hydrogen-bond donors (Lipinski definition) is 0. The standard InChI is InChI=1S/C32H30ClF2N7O2/c1-3-26(43)42-13-12-41(17-20(42)9-10-36)31-22-14-25(34)28(23-16-37-15-19-6-4-8-24(33)27(19)23)29(35)30(22)38-32(39-31)44-18-21-7-5-11-40(21)2/h3-4,6,8,14-16,20-21H,1,5,7,9,11-13,17-18H2,2H3/t20-,21-/m0/s1. The second-order valence-electron chi connectivity index (χ2n) is 11.1. The number of carbonyl (C=O) groups excluding carboxylic acids is 1. The molecule has 2 aliphatic heterocycles. The van der Waals surface area contributed by atoms with Crippen LogP contribution in [0.25, 0.3) is 32.8 Å². The number of carbonyl (C=O) groups is 1. The number of likely N-dealkylation sites (tertiary alicyclic amines) is 1. The van der Waals surface area contributed by atoms with Crippen LogP contribution < -0.4 is 9.64 Å². The van der Waals surface area contributed by atoms with E-state index in [1.807, 2.05) is 11.9 Å². The van der Waals surface area contributed by atoms with E-state index >= 15 is 8.78 Å². The van der Waals surface area contributed by atoms with E-state index in [-0.39, 0.29) is 65.3 Å². The van der Waals surface area contributed by atoms with Crippen molar-refractivity contribution < 1.29 is 18.3 Å². The molecule has 2 aromatic heterocycles. The van der Waals surface area contributed by atoms with E-state index in [0.29, 0.717) is 28.9 Å². The van der Waals surface area contributed by atoms with Crippen molar-refractivity contribution in [1.29, 1.82) is 5.26 Å². The lowest BCUT2D eigenvalue weighted by molar-refractivity contribution is -0.128. The highest BCUT2D eigenvalue weighted by Crippen LogP contribution is 2.40. The Bertz CT molecular complexity index is 1810. The van der Waals surface area contributed by atoms with Gasteiger partial charge in [-0.05, 0) is 44.6 Å². The molecule has 226 valence electrons. The number of nitrogens with zero attached hydrogens (tertiary/aromatic N) is 7. The number of fused-ring (bicyclic) bond motifs is 2. The molecule has 1 amide bonds. The number of amides is 1. The minimum Gasteiger partial charge on any atom is -0.462 e. The van der Waals surface area contributed by atoms with Gasteiger partial charge in [-0.2, -0.15) is 15.2 Å². The van der Waals surface area contributed by atoms with Crippen molar-refractivity contribution in [2.24, 2.45) is 0 Å². The Labute approximate surface area is 258 Å². The first kappa shape index (κ1) is 29.7. The van der Waals surface area contributed by atoms with Gasteiger partial charge in [0.1, 0.15) is 23.8 Å². The number of benzene rings is 2. The van der Waals surface area contributed by atoms with Gasteiger partial charge in [-0.1, -0.05) is 30.3 Å². The van der Waals surface area contributed by atoms with Crippen LogP contribution in [0.2, 0.25) is 5.02 Å². The van der Waals surface area contributed by atoms with Gasteiger partial charge in [-0.15, -0.1) is 0 Å². The molecule has 0 spiro atoms. The first-order valence-electron chi connectivity index (χ1n) is 14.4. The van der Waals surface area contributed by atoms with Crippen molar-refractivity contribution >= 4 is 45.0 Å². The van der Waals surface area contributed by atoms with Crippen LogP contribution in [-0.2, 0) is 4.79 Å². The number of likely N-dealkylation sites (N-methyl/N-ethyl adjacent to an activating group) is 1. The van der Waals surface area contributed by atoms with Crippen LogP contribution in [-0.4, -0.2) is 82.6 Å². The number of halogens is 3. The predicted octanol–water partition coefficient (Wildman–Crippen LogP) is 5.37. The summed E-state index contributed by atoms with van der Waals surface area (Å²) in [4.78, 5) is 31.4. The van der Waals surface area contributed by atoms with Gasteiger partial charge >= 0.3 is 6.01 Å². The van der Waals surface area contributed by atoms with Crippen LogP contribution in [0.5, 0.6) is 6.01 Å². The molecule has 4 heterocycles.